The number of aryl methyl sites for hydroxylation is 1. The third-order valence-corrected chi connectivity index (χ3v) is 4.09. The van der Waals surface area contributed by atoms with Crippen molar-refractivity contribution in [2.75, 3.05) is 6.61 Å². The SMILES string of the molecule is CCn1nnc2cc(C(=O)NCc3ccc(COCC(F)(F)F)cc3)ccc21. The minimum absolute atomic E-state index is 0.120. The molecule has 9 heteroatoms. The fourth-order valence-corrected chi connectivity index (χ4v) is 2.67. The maximum absolute atomic E-state index is 12.3. The van der Waals surface area contributed by atoms with Crippen LogP contribution in [-0.4, -0.2) is 33.7 Å². The Morgan fingerprint density at radius 1 is 1.14 bits per heavy atom. The average molecular weight is 392 g/mol. The summed E-state index contributed by atoms with van der Waals surface area (Å²) in [5.74, 6) is -0.245. The van der Waals surface area contributed by atoms with Crippen LogP contribution in [0.1, 0.15) is 28.4 Å². The third-order valence-electron chi connectivity index (χ3n) is 4.09. The zero-order valence-corrected chi connectivity index (χ0v) is 15.2. The highest BCUT2D eigenvalue weighted by Crippen LogP contribution is 2.16. The number of rotatable bonds is 7. The molecular formula is C19H19F3N4O2. The number of hydrogen-bond donors (Lipinski definition) is 1. The van der Waals surface area contributed by atoms with E-state index in [0.29, 0.717) is 29.7 Å². The first-order valence-electron chi connectivity index (χ1n) is 8.69. The van der Waals surface area contributed by atoms with E-state index in [1.54, 1.807) is 41.1 Å². The number of hydrogen-bond acceptors (Lipinski definition) is 4. The van der Waals surface area contributed by atoms with Crippen LogP contribution < -0.4 is 5.32 Å². The molecule has 0 unspecified atom stereocenters. The van der Waals surface area contributed by atoms with Gasteiger partial charge >= 0.3 is 6.18 Å². The number of alkyl halides is 3. The predicted molar refractivity (Wildman–Crippen MR) is 96.5 cm³/mol. The summed E-state index contributed by atoms with van der Waals surface area (Å²) in [5, 5.41) is 10.9. The van der Waals surface area contributed by atoms with Gasteiger partial charge in [-0.05, 0) is 36.2 Å². The van der Waals surface area contributed by atoms with Crippen molar-refractivity contribution in [1.29, 1.82) is 0 Å². The minimum atomic E-state index is -4.34. The molecule has 0 bridgehead atoms. The maximum atomic E-state index is 12.3. The van der Waals surface area contributed by atoms with E-state index < -0.39 is 12.8 Å². The van der Waals surface area contributed by atoms with Crippen molar-refractivity contribution in [3.63, 3.8) is 0 Å². The Balaban J connectivity index is 1.54. The van der Waals surface area contributed by atoms with Gasteiger partial charge in [0.25, 0.3) is 5.91 Å². The van der Waals surface area contributed by atoms with Crippen molar-refractivity contribution in [2.45, 2.75) is 32.8 Å². The van der Waals surface area contributed by atoms with Crippen molar-refractivity contribution >= 4 is 16.9 Å². The Morgan fingerprint density at radius 2 is 1.86 bits per heavy atom. The largest absolute Gasteiger partial charge is 0.411 e. The number of carbonyl (C=O) groups excluding carboxylic acids is 1. The lowest BCUT2D eigenvalue weighted by atomic mass is 10.1. The Labute approximate surface area is 159 Å². The van der Waals surface area contributed by atoms with Gasteiger partial charge < -0.3 is 10.1 Å². The third kappa shape index (κ3) is 5.07. The quantitative estimate of drug-likeness (QED) is 0.669. The highest BCUT2D eigenvalue weighted by Gasteiger charge is 2.27. The lowest BCUT2D eigenvalue weighted by Crippen LogP contribution is -2.22. The van der Waals surface area contributed by atoms with Crippen LogP contribution in [0.2, 0.25) is 0 Å². The van der Waals surface area contributed by atoms with Crippen LogP contribution in [0, 0.1) is 0 Å². The van der Waals surface area contributed by atoms with E-state index in [1.807, 2.05) is 13.0 Å². The van der Waals surface area contributed by atoms with Crippen LogP contribution in [0.4, 0.5) is 13.2 Å². The molecule has 148 valence electrons. The number of nitrogens with zero attached hydrogens (tertiary/aromatic N) is 3. The first kappa shape index (κ1) is 19.8. The van der Waals surface area contributed by atoms with Crippen molar-refractivity contribution in [1.82, 2.24) is 20.3 Å². The van der Waals surface area contributed by atoms with Crippen LogP contribution in [0.25, 0.3) is 11.0 Å². The van der Waals surface area contributed by atoms with E-state index in [0.717, 1.165) is 11.1 Å². The Bertz CT molecular complexity index is 952. The van der Waals surface area contributed by atoms with E-state index >= 15 is 0 Å². The summed E-state index contributed by atoms with van der Waals surface area (Å²) in [4.78, 5) is 12.3. The second-order valence-corrected chi connectivity index (χ2v) is 6.22. The average Bonchev–Trinajstić information content (AvgIpc) is 3.08. The number of benzene rings is 2. The van der Waals surface area contributed by atoms with E-state index in [1.165, 1.54) is 0 Å². The van der Waals surface area contributed by atoms with E-state index in [9.17, 15) is 18.0 Å². The molecule has 1 N–H and O–H groups in total. The maximum Gasteiger partial charge on any atom is 0.411 e. The Kier molecular flexibility index (Phi) is 5.93. The second kappa shape index (κ2) is 8.39. The molecule has 0 radical (unpaired) electrons. The first-order valence-corrected chi connectivity index (χ1v) is 8.69. The number of carbonyl (C=O) groups is 1. The molecule has 0 aliphatic carbocycles. The molecule has 0 aliphatic rings. The number of aromatic nitrogens is 3. The molecule has 3 rings (SSSR count). The monoisotopic (exact) mass is 392 g/mol. The lowest BCUT2D eigenvalue weighted by molar-refractivity contribution is -0.176. The van der Waals surface area contributed by atoms with Gasteiger partial charge in [-0.25, -0.2) is 4.68 Å². The van der Waals surface area contributed by atoms with Crippen LogP contribution in [-0.2, 0) is 24.4 Å². The van der Waals surface area contributed by atoms with Crippen molar-refractivity contribution < 1.29 is 22.7 Å². The Morgan fingerprint density at radius 3 is 2.54 bits per heavy atom. The molecule has 1 amide bonds. The summed E-state index contributed by atoms with van der Waals surface area (Å²) in [6.45, 7) is 1.55. The van der Waals surface area contributed by atoms with Gasteiger partial charge in [0.2, 0.25) is 0 Å². The van der Waals surface area contributed by atoms with Crippen LogP contribution in [0.3, 0.4) is 0 Å². The summed E-state index contributed by atoms with van der Waals surface area (Å²) in [6.07, 6.45) is -4.34. The standard InChI is InChI=1S/C19H19F3N4O2/c1-2-26-17-8-7-15(9-16(17)24-25-26)18(27)23-10-13-3-5-14(6-4-13)11-28-12-19(20,21)22/h3-9H,2,10-12H2,1H3,(H,23,27). The van der Waals surface area contributed by atoms with E-state index in [-0.39, 0.29) is 12.5 Å². The molecule has 0 fully saturated rings. The van der Waals surface area contributed by atoms with Crippen molar-refractivity contribution in [2.24, 2.45) is 0 Å². The molecule has 0 atom stereocenters. The second-order valence-electron chi connectivity index (χ2n) is 6.22. The Hall–Kier alpha value is -2.94. The molecule has 2 aromatic carbocycles. The predicted octanol–water partition coefficient (Wildman–Crippen LogP) is 3.46. The zero-order valence-electron chi connectivity index (χ0n) is 15.2. The number of ether oxygens (including phenoxy) is 1. The summed E-state index contributed by atoms with van der Waals surface area (Å²) in [6, 6.07) is 12.0. The van der Waals surface area contributed by atoms with Gasteiger partial charge in [0, 0.05) is 18.7 Å². The van der Waals surface area contributed by atoms with E-state index in [2.05, 4.69) is 20.4 Å². The fourth-order valence-electron chi connectivity index (χ4n) is 2.67. The molecule has 0 saturated carbocycles. The topological polar surface area (TPSA) is 69.0 Å². The van der Waals surface area contributed by atoms with Crippen molar-refractivity contribution in [3.8, 4) is 0 Å². The fraction of sp³-hybridized carbons (Fsp3) is 0.316. The van der Waals surface area contributed by atoms with Gasteiger partial charge in [0.15, 0.2) is 0 Å². The molecule has 0 aliphatic heterocycles. The summed E-state index contributed by atoms with van der Waals surface area (Å²) < 4.78 is 42.6. The van der Waals surface area contributed by atoms with Crippen LogP contribution >= 0.6 is 0 Å². The van der Waals surface area contributed by atoms with Crippen LogP contribution in [0.15, 0.2) is 42.5 Å². The normalized spacial score (nSPS) is 11.7. The zero-order chi connectivity index (χ0) is 20.1. The molecule has 1 heterocycles. The number of nitrogens with one attached hydrogen (secondary N) is 1. The van der Waals surface area contributed by atoms with Crippen LogP contribution in [0.5, 0.6) is 0 Å². The molecular weight excluding hydrogens is 373 g/mol. The highest BCUT2D eigenvalue weighted by atomic mass is 19.4. The summed E-state index contributed by atoms with van der Waals surface area (Å²) in [7, 11) is 0. The van der Waals surface area contributed by atoms with Gasteiger partial charge in [-0.2, -0.15) is 13.2 Å². The molecule has 28 heavy (non-hydrogen) atoms. The molecule has 3 aromatic rings. The smallest absolute Gasteiger partial charge is 0.367 e. The van der Waals surface area contributed by atoms with Gasteiger partial charge in [0.05, 0.1) is 12.1 Å². The van der Waals surface area contributed by atoms with Gasteiger partial charge in [-0.1, -0.05) is 29.5 Å². The minimum Gasteiger partial charge on any atom is -0.367 e. The van der Waals surface area contributed by atoms with E-state index in [4.69, 9.17) is 0 Å². The number of fused-ring (bicyclic) bond motifs is 1. The van der Waals surface area contributed by atoms with Gasteiger partial charge in [-0.15, -0.1) is 5.10 Å². The highest BCUT2D eigenvalue weighted by molar-refractivity contribution is 5.97. The summed E-state index contributed by atoms with van der Waals surface area (Å²) >= 11 is 0. The summed E-state index contributed by atoms with van der Waals surface area (Å²) in [5.41, 5.74) is 3.45. The molecule has 0 spiro atoms. The first-order chi connectivity index (χ1) is 13.4. The van der Waals surface area contributed by atoms with Gasteiger partial charge in [0.1, 0.15) is 12.1 Å². The number of halogens is 3. The molecule has 6 nitrogen and oxygen atoms in total. The molecule has 0 saturated heterocycles. The lowest BCUT2D eigenvalue weighted by Gasteiger charge is -2.09. The number of amides is 1. The van der Waals surface area contributed by atoms with Gasteiger partial charge in [-0.3, -0.25) is 4.79 Å². The van der Waals surface area contributed by atoms with Crippen molar-refractivity contribution in [3.05, 3.63) is 59.2 Å². The molecule has 1 aromatic heterocycles.